The van der Waals surface area contributed by atoms with Gasteiger partial charge in [0, 0.05) is 35.6 Å². The van der Waals surface area contributed by atoms with E-state index >= 15 is 0 Å². The van der Waals surface area contributed by atoms with E-state index in [0.717, 1.165) is 21.9 Å². The monoisotopic (exact) mass is 289 g/mol. The summed E-state index contributed by atoms with van der Waals surface area (Å²) in [6.45, 7) is 0.0898. The standard InChI is InChI=1S/C14H15N3O2S/c18-9-12(19)7-15-11-3-1-10(2-4-11)13-8-17-5-6-20-14(17)16-13/h1-6,8,12,15,18-19H,7,9H2. The Balaban J connectivity index is 1.74. The number of benzene rings is 1. The third kappa shape index (κ3) is 2.67. The van der Waals surface area contributed by atoms with Crippen molar-refractivity contribution >= 4 is 22.0 Å². The summed E-state index contributed by atoms with van der Waals surface area (Å²) in [5.41, 5.74) is 2.90. The molecule has 0 amide bonds. The van der Waals surface area contributed by atoms with Crippen molar-refractivity contribution in [1.82, 2.24) is 9.38 Å². The Bertz CT molecular complexity index is 661. The van der Waals surface area contributed by atoms with Gasteiger partial charge in [0.15, 0.2) is 4.96 Å². The van der Waals surface area contributed by atoms with Crippen LogP contribution in [0.15, 0.2) is 42.0 Å². The summed E-state index contributed by atoms with van der Waals surface area (Å²) in [4.78, 5) is 5.53. The van der Waals surface area contributed by atoms with Crippen LogP contribution in [0.2, 0.25) is 0 Å². The Kier molecular flexibility index (Phi) is 3.68. The molecule has 1 aromatic carbocycles. The Morgan fingerprint density at radius 2 is 2.10 bits per heavy atom. The van der Waals surface area contributed by atoms with E-state index in [1.165, 1.54) is 0 Å². The van der Waals surface area contributed by atoms with E-state index in [9.17, 15) is 5.11 Å². The van der Waals surface area contributed by atoms with Gasteiger partial charge in [0.05, 0.1) is 18.4 Å². The van der Waals surface area contributed by atoms with Crippen LogP contribution in [0, 0.1) is 0 Å². The molecule has 2 aromatic heterocycles. The summed E-state index contributed by atoms with van der Waals surface area (Å²) in [6, 6.07) is 7.85. The molecule has 20 heavy (non-hydrogen) atoms. The molecule has 6 heteroatoms. The van der Waals surface area contributed by atoms with Crippen molar-refractivity contribution in [3.8, 4) is 11.3 Å². The molecule has 0 spiro atoms. The maximum Gasteiger partial charge on any atom is 0.194 e. The lowest BCUT2D eigenvalue weighted by molar-refractivity contribution is 0.105. The van der Waals surface area contributed by atoms with Crippen molar-refractivity contribution in [2.75, 3.05) is 18.5 Å². The van der Waals surface area contributed by atoms with E-state index in [1.807, 2.05) is 46.4 Å². The van der Waals surface area contributed by atoms with Crippen molar-refractivity contribution in [2.24, 2.45) is 0 Å². The average Bonchev–Trinajstić information content (AvgIpc) is 3.06. The number of aromatic nitrogens is 2. The fourth-order valence-corrected chi connectivity index (χ4v) is 2.63. The number of nitrogens with zero attached hydrogens (tertiary/aromatic N) is 2. The number of thiazole rings is 1. The van der Waals surface area contributed by atoms with Crippen molar-refractivity contribution in [1.29, 1.82) is 0 Å². The number of fused-ring (bicyclic) bond motifs is 1. The van der Waals surface area contributed by atoms with Gasteiger partial charge in [-0.25, -0.2) is 4.98 Å². The van der Waals surface area contributed by atoms with Crippen molar-refractivity contribution in [3.05, 3.63) is 42.0 Å². The smallest absolute Gasteiger partial charge is 0.194 e. The van der Waals surface area contributed by atoms with Crippen LogP contribution in [-0.4, -0.2) is 38.9 Å². The molecule has 0 saturated carbocycles. The molecule has 0 saturated heterocycles. The van der Waals surface area contributed by atoms with Gasteiger partial charge in [-0.15, -0.1) is 11.3 Å². The number of rotatable bonds is 5. The summed E-state index contributed by atoms with van der Waals surface area (Å²) >= 11 is 1.61. The van der Waals surface area contributed by atoms with Crippen LogP contribution in [0.1, 0.15) is 0 Å². The predicted octanol–water partition coefficient (Wildman–Crippen LogP) is 1.83. The number of imidazole rings is 1. The normalized spacial score (nSPS) is 12.7. The highest BCUT2D eigenvalue weighted by atomic mass is 32.1. The van der Waals surface area contributed by atoms with E-state index in [2.05, 4.69) is 10.3 Å². The molecule has 0 fully saturated rings. The van der Waals surface area contributed by atoms with Gasteiger partial charge in [-0.1, -0.05) is 12.1 Å². The van der Waals surface area contributed by atoms with Crippen molar-refractivity contribution in [3.63, 3.8) is 0 Å². The fraction of sp³-hybridized carbons (Fsp3) is 0.214. The highest BCUT2D eigenvalue weighted by Crippen LogP contribution is 2.22. The number of aliphatic hydroxyl groups excluding tert-OH is 2. The molecule has 0 bridgehead atoms. The Morgan fingerprint density at radius 3 is 2.80 bits per heavy atom. The van der Waals surface area contributed by atoms with Gasteiger partial charge in [0.2, 0.25) is 0 Å². The highest BCUT2D eigenvalue weighted by molar-refractivity contribution is 7.15. The average molecular weight is 289 g/mol. The van der Waals surface area contributed by atoms with E-state index in [1.54, 1.807) is 11.3 Å². The molecule has 1 unspecified atom stereocenters. The van der Waals surface area contributed by atoms with E-state index in [0.29, 0.717) is 6.54 Å². The van der Waals surface area contributed by atoms with Crippen LogP contribution in [0.3, 0.4) is 0 Å². The van der Waals surface area contributed by atoms with Gasteiger partial charge in [0.1, 0.15) is 0 Å². The molecule has 0 radical (unpaired) electrons. The second-order valence-electron chi connectivity index (χ2n) is 4.51. The van der Waals surface area contributed by atoms with Crippen LogP contribution in [-0.2, 0) is 0 Å². The summed E-state index contributed by atoms with van der Waals surface area (Å²) in [6.07, 6.45) is 3.25. The topological polar surface area (TPSA) is 69.8 Å². The van der Waals surface area contributed by atoms with Crippen LogP contribution < -0.4 is 5.32 Å². The van der Waals surface area contributed by atoms with Gasteiger partial charge >= 0.3 is 0 Å². The zero-order chi connectivity index (χ0) is 13.9. The molecule has 5 nitrogen and oxygen atoms in total. The number of anilines is 1. The summed E-state index contributed by atoms with van der Waals surface area (Å²) < 4.78 is 2.00. The third-order valence-corrected chi connectivity index (χ3v) is 3.80. The van der Waals surface area contributed by atoms with E-state index < -0.39 is 6.10 Å². The molecule has 0 aliphatic heterocycles. The van der Waals surface area contributed by atoms with Crippen molar-refractivity contribution < 1.29 is 10.2 Å². The van der Waals surface area contributed by atoms with Crippen molar-refractivity contribution in [2.45, 2.75) is 6.10 Å². The molecule has 3 N–H and O–H groups in total. The molecule has 0 aliphatic rings. The first kappa shape index (κ1) is 13.1. The maximum absolute atomic E-state index is 9.28. The molecule has 3 rings (SSSR count). The Labute approximate surface area is 120 Å². The van der Waals surface area contributed by atoms with Gasteiger partial charge in [-0.3, -0.25) is 4.40 Å². The minimum Gasteiger partial charge on any atom is -0.394 e. The largest absolute Gasteiger partial charge is 0.394 e. The SMILES string of the molecule is OCC(O)CNc1ccc(-c2cn3ccsc3n2)cc1. The molecule has 2 heterocycles. The minimum absolute atomic E-state index is 0.240. The lowest BCUT2D eigenvalue weighted by Crippen LogP contribution is -2.22. The zero-order valence-electron chi connectivity index (χ0n) is 10.7. The molecule has 0 aliphatic carbocycles. The zero-order valence-corrected chi connectivity index (χ0v) is 11.5. The third-order valence-electron chi connectivity index (χ3n) is 3.03. The lowest BCUT2D eigenvalue weighted by atomic mass is 10.1. The quantitative estimate of drug-likeness (QED) is 0.670. The van der Waals surface area contributed by atoms with Gasteiger partial charge < -0.3 is 15.5 Å². The number of hydrogen-bond donors (Lipinski definition) is 3. The van der Waals surface area contributed by atoms with Crippen LogP contribution in [0.4, 0.5) is 5.69 Å². The summed E-state index contributed by atoms with van der Waals surface area (Å²) in [5, 5.41) is 23.1. The van der Waals surface area contributed by atoms with Crippen LogP contribution in [0.5, 0.6) is 0 Å². The summed E-state index contributed by atoms with van der Waals surface area (Å²) in [7, 11) is 0. The number of hydrogen-bond acceptors (Lipinski definition) is 5. The molecule has 3 aromatic rings. The number of aliphatic hydroxyl groups is 2. The van der Waals surface area contributed by atoms with E-state index in [-0.39, 0.29) is 6.61 Å². The summed E-state index contributed by atoms with van der Waals surface area (Å²) in [5.74, 6) is 0. The molecular weight excluding hydrogens is 274 g/mol. The van der Waals surface area contributed by atoms with Crippen LogP contribution in [0.25, 0.3) is 16.2 Å². The first-order valence-electron chi connectivity index (χ1n) is 6.31. The predicted molar refractivity (Wildman–Crippen MR) is 80.1 cm³/mol. The van der Waals surface area contributed by atoms with Gasteiger partial charge in [0.25, 0.3) is 0 Å². The lowest BCUT2D eigenvalue weighted by Gasteiger charge is -2.10. The molecule has 104 valence electrons. The maximum atomic E-state index is 9.28. The Morgan fingerprint density at radius 1 is 1.30 bits per heavy atom. The highest BCUT2D eigenvalue weighted by Gasteiger charge is 2.05. The fourth-order valence-electron chi connectivity index (χ4n) is 1.93. The first-order valence-corrected chi connectivity index (χ1v) is 7.19. The second-order valence-corrected chi connectivity index (χ2v) is 5.39. The van der Waals surface area contributed by atoms with E-state index in [4.69, 9.17) is 5.11 Å². The molecule has 1 atom stereocenters. The minimum atomic E-state index is -0.741. The molecular formula is C14H15N3O2S. The first-order chi connectivity index (χ1) is 9.76. The van der Waals surface area contributed by atoms with Gasteiger partial charge in [-0.2, -0.15) is 0 Å². The Hall–Kier alpha value is -1.89. The number of nitrogens with one attached hydrogen (secondary N) is 1. The second kappa shape index (κ2) is 5.62. The van der Waals surface area contributed by atoms with Crippen LogP contribution >= 0.6 is 11.3 Å². The van der Waals surface area contributed by atoms with Gasteiger partial charge in [-0.05, 0) is 12.1 Å².